The second kappa shape index (κ2) is 6.72. The van der Waals surface area contributed by atoms with Gasteiger partial charge in [0.25, 0.3) is 0 Å². The van der Waals surface area contributed by atoms with Gasteiger partial charge in [0, 0.05) is 6.54 Å². The lowest BCUT2D eigenvalue weighted by atomic mass is 10.2. The van der Waals surface area contributed by atoms with Crippen LogP contribution in [0.1, 0.15) is 19.5 Å². The Morgan fingerprint density at radius 2 is 2.25 bits per heavy atom. The minimum atomic E-state index is -0.633. The van der Waals surface area contributed by atoms with Crippen LogP contribution >= 0.6 is 11.6 Å². The van der Waals surface area contributed by atoms with E-state index in [9.17, 15) is 4.39 Å². The predicted octanol–water partition coefficient (Wildman–Crippen LogP) is 4.01. The highest BCUT2D eigenvalue weighted by atomic mass is 35.5. The van der Waals surface area contributed by atoms with Gasteiger partial charge in [-0.15, -0.1) is 0 Å². The summed E-state index contributed by atoms with van der Waals surface area (Å²) in [7, 11) is 0. The normalized spacial score (nSPS) is 11.1. The lowest BCUT2D eigenvalue weighted by molar-refractivity contribution is 0.318. The van der Waals surface area contributed by atoms with Crippen LogP contribution in [-0.4, -0.2) is 11.5 Å². The molecule has 1 aromatic heterocycles. The van der Waals surface area contributed by atoms with E-state index in [0.717, 1.165) is 6.54 Å². The number of benzene rings is 1. The number of hydrogen-bond acceptors (Lipinski definition) is 4. The third-order valence-corrected chi connectivity index (χ3v) is 2.79. The van der Waals surface area contributed by atoms with Gasteiger partial charge in [0.15, 0.2) is 11.6 Å². The van der Waals surface area contributed by atoms with Crippen LogP contribution in [0.2, 0.25) is 5.02 Å². The molecule has 20 heavy (non-hydrogen) atoms. The van der Waals surface area contributed by atoms with E-state index in [2.05, 4.69) is 24.1 Å². The highest BCUT2D eigenvalue weighted by Crippen LogP contribution is 2.28. The summed E-state index contributed by atoms with van der Waals surface area (Å²) in [5, 5.41) is 3.22. The minimum Gasteiger partial charge on any atom is -0.417 e. The van der Waals surface area contributed by atoms with E-state index < -0.39 is 5.82 Å². The van der Waals surface area contributed by atoms with Crippen molar-refractivity contribution >= 4 is 11.6 Å². The SMILES string of the molecule is CC(C)CNCc1coc(Oc2cccc(Cl)c2F)n1. The standard InChI is InChI=1S/C14H16ClFN2O2/c1-9(2)6-17-7-10-8-19-14(18-10)20-12-5-3-4-11(15)13(12)16/h3-5,8-9,17H,6-7H2,1-2H3. The minimum absolute atomic E-state index is 0.00659. The van der Waals surface area contributed by atoms with Gasteiger partial charge < -0.3 is 14.5 Å². The Bertz CT molecular complexity index is 572. The van der Waals surface area contributed by atoms with Crippen molar-refractivity contribution in [2.24, 2.45) is 5.92 Å². The van der Waals surface area contributed by atoms with Crippen molar-refractivity contribution in [2.75, 3.05) is 6.54 Å². The van der Waals surface area contributed by atoms with Crippen LogP contribution < -0.4 is 10.1 Å². The van der Waals surface area contributed by atoms with Crippen LogP contribution in [0.5, 0.6) is 11.8 Å². The second-order valence-electron chi connectivity index (χ2n) is 4.78. The molecule has 0 unspecified atom stereocenters. The molecule has 2 rings (SSSR count). The average Bonchev–Trinajstić information content (AvgIpc) is 2.82. The smallest absolute Gasteiger partial charge is 0.399 e. The molecule has 1 aromatic carbocycles. The Hall–Kier alpha value is -1.59. The summed E-state index contributed by atoms with van der Waals surface area (Å²) in [6.07, 6.45) is 1.47. The fourth-order valence-corrected chi connectivity index (χ4v) is 1.73. The fraction of sp³-hybridized carbons (Fsp3) is 0.357. The maximum atomic E-state index is 13.6. The number of nitrogens with one attached hydrogen (secondary N) is 1. The van der Waals surface area contributed by atoms with Gasteiger partial charge in [-0.05, 0) is 24.6 Å². The molecule has 0 atom stereocenters. The van der Waals surface area contributed by atoms with E-state index in [4.69, 9.17) is 20.8 Å². The summed E-state index contributed by atoms with van der Waals surface area (Å²) in [6.45, 7) is 5.69. The Morgan fingerprint density at radius 1 is 1.45 bits per heavy atom. The zero-order chi connectivity index (χ0) is 14.5. The van der Waals surface area contributed by atoms with Crippen molar-refractivity contribution in [3.63, 3.8) is 0 Å². The summed E-state index contributed by atoms with van der Waals surface area (Å²) in [5.74, 6) is -0.0916. The Kier molecular flexibility index (Phi) is 4.98. The zero-order valence-corrected chi connectivity index (χ0v) is 12.1. The molecule has 0 aliphatic heterocycles. The molecule has 0 saturated heterocycles. The number of ether oxygens (including phenoxy) is 1. The van der Waals surface area contributed by atoms with Crippen molar-refractivity contribution in [3.8, 4) is 11.8 Å². The van der Waals surface area contributed by atoms with Gasteiger partial charge in [-0.25, -0.2) is 4.39 Å². The molecule has 0 radical (unpaired) electrons. The number of halogens is 2. The van der Waals surface area contributed by atoms with Gasteiger partial charge in [0.2, 0.25) is 0 Å². The topological polar surface area (TPSA) is 47.3 Å². The van der Waals surface area contributed by atoms with E-state index >= 15 is 0 Å². The quantitative estimate of drug-likeness (QED) is 0.875. The molecule has 0 fully saturated rings. The van der Waals surface area contributed by atoms with E-state index in [1.54, 1.807) is 6.07 Å². The molecule has 0 spiro atoms. The highest BCUT2D eigenvalue weighted by molar-refractivity contribution is 6.30. The molecule has 1 heterocycles. The zero-order valence-electron chi connectivity index (χ0n) is 11.3. The molecule has 0 bridgehead atoms. The number of rotatable bonds is 6. The molecular weight excluding hydrogens is 283 g/mol. The van der Waals surface area contributed by atoms with Gasteiger partial charge >= 0.3 is 6.08 Å². The lowest BCUT2D eigenvalue weighted by Gasteiger charge is -2.04. The number of aromatic nitrogens is 1. The maximum absolute atomic E-state index is 13.6. The van der Waals surface area contributed by atoms with Gasteiger partial charge in [-0.2, -0.15) is 4.98 Å². The Labute approximate surface area is 121 Å². The van der Waals surface area contributed by atoms with Gasteiger partial charge in [-0.3, -0.25) is 0 Å². The highest BCUT2D eigenvalue weighted by Gasteiger charge is 2.12. The van der Waals surface area contributed by atoms with Crippen LogP contribution in [0.25, 0.3) is 0 Å². The van der Waals surface area contributed by atoms with Crippen molar-refractivity contribution < 1.29 is 13.5 Å². The van der Waals surface area contributed by atoms with Crippen LogP contribution in [-0.2, 0) is 6.54 Å². The van der Waals surface area contributed by atoms with Gasteiger partial charge in [0.1, 0.15) is 6.26 Å². The van der Waals surface area contributed by atoms with Crippen molar-refractivity contribution in [1.29, 1.82) is 0 Å². The summed E-state index contributed by atoms with van der Waals surface area (Å²) in [4.78, 5) is 4.11. The van der Waals surface area contributed by atoms with Crippen LogP contribution in [0.15, 0.2) is 28.9 Å². The summed E-state index contributed by atoms with van der Waals surface area (Å²) in [6, 6.07) is 4.50. The Balaban J connectivity index is 1.97. The molecule has 1 N–H and O–H groups in total. The third-order valence-electron chi connectivity index (χ3n) is 2.50. The fourth-order valence-electron chi connectivity index (χ4n) is 1.56. The van der Waals surface area contributed by atoms with Crippen molar-refractivity contribution in [3.05, 3.63) is 41.0 Å². The molecule has 0 saturated carbocycles. The first-order valence-electron chi connectivity index (χ1n) is 6.33. The Morgan fingerprint density at radius 3 is 3.00 bits per heavy atom. The van der Waals surface area contributed by atoms with Crippen molar-refractivity contribution in [2.45, 2.75) is 20.4 Å². The molecular formula is C14H16ClFN2O2. The first-order chi connectivity index (χ1) is 9.56. The number of nitrogens with zero attached hydrogens (tertiary/aromatic N) is 1. The molecule has 0 amide bonds. The van der Waals surface area contributed by atoms with E-state index in [1.807, 2.05) is 0 Å². The van der Waals surface area contributed by atoms with Gasteiger partial charge in [-0.1, -0.05) is 31.5 Å². The molecule has 2 aromatic rings. The predicted molar refractivity (Wildman–Crippen MR) is 74.5 cm³/mol. The summed E-state index contributed by atoms with van der Waals surface area (Å²) < 4.78 is 24.0. The van der Waals surface area contributed by atoms with Gasteiger partial charge in [0.05, 0.1) is 10.7 Å². The molecule has 0 aliphatic rings. The summed E-state index contributed by atoms with van der Waals surface area (Å²) >= 11 is 5.67. The molecule has 4 nitrogen and oxygen atoms in total. The third kappa shape index (κ3) is 3.95. The molecule has 6 heteroatoms. The number of oxazole rings is 1. The second-order valence-corrected chi connectivity index (χ2v) is 5.19. The summed E-state index contributed by atoms with van der Waals surface area (Å²) in [5.41, 5.74) is 0.697. The molecule has 108 valence electrons. The first-order valence-corrected chi connectivity index (χ1v) is 6.71. The van der Waals surface area contributed by atoms with E-state index in [-0.39, 0.29) is 16.8 Å². The first kappa shape index (κ1) is 14.8. The maximum Gasteiger partial charge on any atom is 0.399 e. The largest absolute Gasteiger partial charge is 0.417 e. The monoisotopic (exact) mass is 298 g/mol. The number of hydrogen-bond donors (Lipinski definition) is 1. The van der Waals surface area contributed by atoms with Crippen LogP contribution in [0.4, 0.5) is 4.39 Å². The van der Waals surface area contributed by atoms with Crippen LogP contribution in [0, 0.1) is 11.7 Å². The molecule has 0 aliphatic carbocycles. The van der Waals surface area contributed by atoms with E-state index in [1.165, 1.54) is 18.4 Å². The van der Waals surface area contributed by atoms with E-state index in [0.29, 0.717) is 18.2 Å². The average molecular weight is 299 g/mol. The van der Waals surface area contributed by atoms with Crippen LogP contribution in [0.3, 0.4) is 0 Å². The van der Waals surface area contributed by atoms with Crippen molar-refractivity contribution in [1.82, 2.24) is 10.3 Å². The lowest BCUT2D eigenvalue weighted by Crippen LogP contribution is -2.19.